The van der Waals surface area contributed by atoms with Crippen molar-refractivity contribution < 1.29 is 32.2 Å². The number of hydrogen-bond acceptors (Lipinski definition) is 4. The average Bonchev–Trinajstić information content (AvgIpc) is 2.60. The highest BCUT2D eigenvalue weighted by Crippen LogP contribution is 2.22. The molecule has 0 amide bonds. The van der Waals surface area contributed by atoms with Crippen molar-refractivity contribution in [2.75, 3.05) is 5.33 Å². The van der Waals surface area contributed by atoms with Gasteiger partial charge in [0.1, 0.15) is 11.5 Å². The molecule has 0 aromatic heterocycles. The van der Waals surface area contributed by atoms with Crippen LogP contribution in [0.2, 0.25) is 0 Å². The van der Waals surface area contributed by atoms with Gasteiger partial charge in [0.05, 0.1) is 5.56 Å². The number of halogens is 4. The highest BCUT2D eigenvalue weighted by molar-refractivity contribution is 9.09. The molecule has 0 aliphatic rings. The maximum atomic E-state index is 13.6. The number of carbonyl (C=O) groups excluding carboxylic acids is 2. The predicted molar refractivity (Wildman–Crippen MR) is 91.0 cm³/mol. The zero-order chi connectivity index (χ0) is 19.1. The molecule has 0 saturated heterocycles. The van der Waals surface area contributed by atoms with Gasteiger partial charge in [-0.15, -0.1) is 0 Å². The standard InChI is InChI=1S/C18H14BrF3O4/c19-9-2-1-6-15(23)25-11-4-3-5-12(10-11)26-18(24)13-7-8-14(20)17(22)16(13)21/h3-5,7-8,10H,1-2,6,9H2. The topological polar surface area (TPSA) is 52.6 Å². The number of benzene rings is 2. The largest absolute Gasteiger partial charge is 0.426 e. The fourth-order valence-corrected chi connectivity index (χ4v) is 2.39. The van der Waals surface area contributed by atoms with Crippen LogP contribution in [0.25, 0.3) is 0 Å². The minimum absolute atomic E-state index is 0.0371. The normalized spacial score (nSPS) is 10.5. The van der Waals surface area contributed by atoms with Crippen LogP contribution < -0.4 is 9.47 Å². The molecule has 0 aliphatic heterocycles. The summed E-state index contributed by atoms with van der Waals surface area (Å²) in [5, 5.41) is 0.784. The van der Waals surface area contributed by atoms with Gasteiger partial charge in [0.15, 0.2) is 17.5 Å². The molecule has 0 N–H and O–H groups in total. The summed E-state index contributed by atoms with van der Waals surface area (Å²) in [6.07, 6.45) is 1.72. The summed E-state index contributed by atoms with van der Waals surface area (Å²) in [5.41, 5.74) is -0.749. The Labute approximate surface area is 156 Å². The van der Waals surface area contributed by atoms with E-state index in [1.165, 1.54) is 24.3 Å². The van der Waals surface area contributed by atoms with E-state index in [0.29, 0.717) is 12.5 Å². The number of ether oxygens (including phenoxy) is 2. The van der Waals surface area contributed by atoms with Crippen molar-refractivity contribution in [2.45, 2.75) is 19.3 Å². The maximum absolute atomic E-state index is 13.6. The number of alkyl halides is 1. The zero-order valence-electron chi connectivity index (χ0n) is 13.4. The van der Waals surface area contributed by atoms with Crippen molar-refractivity contribution in [3.05, 3.63) is 59.4 Å². The Bertz CT molecular complexity index is 811. The second-order valence-electron chi connectivity index (χ2n) is 5.21. The van der Waals surface area contributed by atoms with Crippen molar-refractivity contribution in [3.8, 4) is 11.5 Å². The highest BCUT2D eigenvalue weighted by Gasteiger charge is 2.20. The summed E-state index contributed by atoms with van der Waals surface area (Å²) in [6.45, 7) is 0. The van der Waals surface area contributed by atoms with E-state index in [0.717, 1.165) is 17.8 Å². The van der Waals surface area contributed by atoms with Gasteiger partial charge in [-0.25, -0.2) is 18.0 Å². The molecule has 138 valence electrons. The van der Waals surface area contributed by atoms with Crippen LogP contribution in [0, 0.1) is 17.5 Å². The van der Waals surface area contributed by atoms with Crippen LogP contribution in [0.3, 0.4) is 0 Å². The van der Waals surface area contributed by atoms with Gasteiger partial charge in [-0.05, 0) is 37.1 Å². The molecule has 2 rings (SSSR count). The minimum atomic E-state index is -1.76. The van der Waals surface area contributed by atoms with Gasteiger partial charge in [-0.2, -0.15) is 0 Å². The van der Waals surface area contributed by atoms with Crippen molar-refractivity contribution in [2.24, 2.45) is 0 Å². The van der Waals surface area contributed by atoms with Crippen molar-refractivity contribution in [3.63, 3.8) is 0 Å². The van der Waals surface area contributed by atoms with Crippen LogP contribution in [0.15, 0.2) is 36.4 Å². The first-order valence-electron chi connectivity index (χ1n) is 7.64. The lowest BCUT2D eigenvalue weighted by atomic mass is 10.2. The van der Waals surface area contributed by atoms with Gasteiger partial charge in [-0.1, -0.05) is 22.0 Å². The molecule has 0 unspecified atom stereocenters. The molecule has 2 aromatic carbocycles. The summed E-state index contributed by atoms with van der Waals surface area (Å²) in [4.78, 5) is 23.6. The Morgan fingerprint density at radius 3 is 2.31 bits per heavy atom. The Morgan fingerprint density at radius 1 is 0.923 bits per heavy atom. The second-order valence-corrected chi connectivity index (χ2v) is 6.00. The molecule has 0 heterocycles. The first kappa shape index (κ1) is 20.0. The summed E-state index contributed by atoms with van der Waals surface area (Å²) >= 11 is 3.26. The summed E-state index contributed by atoms with van der Waals surface area (Å²) in [5.74, 6) is -6.35. The molecule has 0 atom stereocenters. The molecule has 0 aliphatic carbocycles. The zero-order valence-corrected chi connectivity index (χ0v) is 15.0. The van der Waals surface area contributed by atoms with E-state index in [4.69, 9.17) is 9.47 Å². The van der Waals surface area contributed by atoms with Crippen LogP contribution in [-0.2, 0) is 4.79 Å². The van der Waals surface area contributed by atoms with Gasteiger partial charge >= 0.3 is 11.9 Å². The molecule has 0 fully saturated rings. The summed E-state index contributed by atoms with van der Waals surface area (Å²) < 4.78 is 49.8. The van der Waals surface area contributed by atoms with Crippen molar-refractivity contribution >= 4 is 27.9 Å². The molecule has 0 saturated carbocycles. The third-order valence-corrected chi connectivity index (χ3v) is 3.83. The minimum Gasteiger partial charge on any atom is -0.426 e. The van der Waals surface area contributed by atoms with Gasteiger partial charge < -0.3 is 9.47 Å². The fraction of sp³-hybridized carbons (Fsp3) is 0.222. The molecular formula is C18H14BrF3O4. The molecular weight excluding hydrogens is 417 g/mol. The highest BCUT2D eigenvalue weighted by atomic mass is 79.9. The number of unbranched alkanes of at least 4 members (excludes halogenated alkanes) is 1. The number of rotatable bonds is 7. The Balaban J connectivity index is 2.05. The van der Waals surface area contributed by atoms with Gasteiger partial charge in [0.25, 0.3) is 0 Å². The molecule has 26 heavy (non-hydrogen) atoms. The molecule has 4 nitrogen and oxygen atoms in total. The predicted octanol–water partition coefficient (Wildman–Crippen LogP) is 4.79. The van der Waals surface area contributed by atoms with E-state index < -0.39 is 35.0 Å². The third kappa shape index (κ3) is 5.32. The smallest absolute Gasteiger partial charge is 0.346 e. The first-order chi connectivity index (χ1) is 12.4. The summed E-state index contributed by atoms with van der Waals surface area (Å²) in [7, 11) is 0. The number of esters is 2. The van der Waals surface area contributed by atoms with Crippen LogP contribution in [0.1, 0.15) is 29.6 Å². The van der Waals surface area contributed by atoms with Crippen LogP contribution in [0.4, 0.5) is 13.2 Å². The van der Waals surface area contributed by atoms with Gasteiger partial charge in [0, 0.05) is 17.8 Å². The third-order valence-electron chi connectivity index (χ3n) is 3.27. The van der Waals surface area contributed by atoms with Crippen LogP contribution in [-0.4, -0.2) is 17.3 Å². The molecule has 2 aromatic rings. The van der Waals surface area contributed by atoms with Gasteiger partial charge in [0.2, 0.25) is 0 Å². The molecule has 0 spiro atoms. The average molecular weight is 431 g/mol. The van der Waals surface area contributed by atoms with Crippen molar-refractivity contribution in [1.29, 1.82) is 0 Å². The molecule has 0 bridgehead atoms. The van der Waals surface area contributed by atoms with E-state index >= 15 is 0 Å². The van der Waals surface area contributed by atoms with Crippen LogP contribution in [0.5, 0.6) is 11.5 Å². The Kier molecular flexibility index (Phi) is 7.20. The van der Waals surface area contributed by atoms with Crippen LogP contribution >= 0.6 is 15.9 Å². The van der Waals surface area contributed by atoms with E-state index in [-0.39, 0.29) is 17.9 Å². The first-order valence-corrected chi connectivity index (χ1v) is 8.77. The summed E-state index contributed by atoms with van der Waals surface area (Å²) in [6, 6.07) is 6.99. The SMILES string of the molecule is O=C(CCCCBr)Oc1cccc(OC(=O)c2ccc(F)c(F)c2F)c1. The monoisotopic (exact) mass is 430 g/mol. The Morgan fingerprint density at radius 2 is 1.62 bits per heavy atom. The van der Waals surface area contributed by atoms with E-state index in [9.17, 15) is 22.8 Å². The van der Waals surface area contributed by atoms with E-state index in [1.807, 2.05) is 0 Å². The quantitative estimate of drug-likeness (QED) is 0.208. The van der Waals surface area contributed by atoms with E-state index in [1.54, 1.807) is 0 Å². The lowest BCUT2D eigenvalue weighted by Gasteiger charge is -2.08. The van der Waals surface area contributed by atoms with E-state index in [2.05, 4.69) is 15.9 Å². The molecule has 8 heteroatoms. The number of hydrogen-bond donors (Lipinski definition) is 0. The number of carbonyl (C=O) groups is 2. The molecule has 0 radical (unpaired) electrons. The lowest BCUT2D eigenvalue weighted by molar-refractivity contribution is -0.134. The fourth-order valence-electron chi connectivity index (χ4n) is 1.99. The Hall–Kier alpha value is -2.35. The van der Waals surface area contributed by atoms with Crippen molar-refractivity contribution in [1.82, 2.24) is 0 Å². The lowest BCUT2D eigenvalue weighted by Crippen LogP contribution is -2.13. The maximum Gasteiger partial charge on any atom is 0.346 e. The van der Waals surface area contributed by atoms with Gasteiger partial charge in [-0.3, -0.25) is 4.79 Å². The second kappa shape index (κ2) is 9.38.